The molecule has 0 spiro atoms. The Bertz CT molecular complexity index is 1460. The number of aromatic nitrogens is 4. The van der Waals surface area contributed by atoms with Gasteiger partial charge in [0.15, 0.2) is 0 Å². The number of nitrogens with one attached hydrogen (secondary N) is 2. The first-order valence-electron chi connectivity index (χ1n) is 14.7. The maximum absolute atomic E-state index is 12.5. The van der Waals surface area contributed by atoms with Crippen molar-refractivity contribution in [2.75, 3.05) is 14.1 Å². The van der Waals surface area contributed by atoms with Gasteiger partial charge in [-0.15, -0.1) is 0 Å². The molecule has 0 saturated heterocycles. The molecule has 10 nitrogen and oxygen atoms in total. The molecular formula is C34H44N6O4. The fourth-order valence-corrected chi connectivity index (χ4v) is 4.43. The highest BCUT2D eigenvalue weighted by Crippen LogP contribution is 2.29. The molecule has 0 radical (unpaired) electrons. The molecule has 2 atom stereocenters. The molecule has 0 bridgehead atoms. The van der Waals surface area contributed by atoms with Crippen molar-refractivity contribution in [1.29, 1.82) is 0 Å². The number of hydrogen-bond donors (Lipinski definition) is 2. The molecule has 0 aliphatic carbocycles. The van der Waals surface area contributed by atoms with Crippen molar-refractivity contribution in [1.82, 2.24) is 29.7 Å². The van der Waals surface area contributed by atoms with Crippen LogP contribution in [0.5, 0.6) is 0 Å². The first-order valence-corrected chi connectivity index (χ1v) is 14.7. The second kappa shape index (κ2) is 12.6. The highest BCUT2D eigenvalue weighted by Gasteiger charge is 2.26. The summed E-state index contributed by atoms with van der Waals surface area (Å²) in [7, 11) is 3.41. The van der Waals surface area contributed by atoms with Gasteiger partial charge in [-0.05, 0) is 77.6 Å². The third kappa shape index (κ3) is 7.86. The van der Waals surface area contributed by atoms with Gasteiger partial charge in [0.2, 0.25) is 0 Å². The highest BCUT2D eigenvalue weighted by atomic mass is 16.6. The largest absolute Gasteiger partial charge is 0.444 e. The van der Waals surface area contributed by atoms with E-state index >= 15 is 0 Å². The van der Waals surface area contributed by atoms with E-state index < -0.39 is 23.4 Å². The smallest absolute Gasteiger partial charge is 0.410 e. The number of aromatic amines is 2. The van der Waals surface area contributed by atoms with E-state index in [9.17, 15) is 9.59 Å². The lowest BCUT2D eigenvalue weighted by Gasteiger charge is -2.27. The molecule has 234 valence electrons. The van der Waals surface area contributed by atoms with Crippen molar-refractivity contribution >= 4 is 12.2 Å². The van der Waals surface area contributed by atoms with Gasteiger partial charge >= 0.3 is 12.2 Å². The number of hydrogen-bond acceptors (Lipinski definition) is 6. The Balaban J connectivity index is 1.41. The number of ether oxygens (including phenoxy) is 2. The first kappa shape index (κ1) is 32.3. The molecule has 10 heteroatoms. The van der Waals surface area contributed by atoms with Crippen LogP contribution < -0.4 is 0 Å². The van der Waals surface area contributed by atoms with Crippen LogP contribution in [0.25, 0.3) is 33.6 Å². The Labute approximate surface area is 259 Å². The third-order valence-corrected chi connectivity index (χ3v) is 7.23. The van der Waals surface area contributed by atoms with Crippen LogP contribution in [-0.4, -0.2) is 67.2 Å². The molecule has 4 rings (SSSR count). The van der Waals surface area contributed by atoms with Crippen LogP contribution in [0.1, 0.15) is 79.1 Å². The van der Waals surface area contributed by atoms with Gasteiger partial charge in [0, 0.05) is 14.1 Å². The molecule has 0 fully saturated rings. The SMILES string of the molecule is C[C@@H](c1ncc(-c2ccc(-c3ccc(-c4cnc([C@H](C)N(C)C(=O)OC(C)(C)C)[nH]4)cc3)cc2)[nH]1)N(C)C(=O)OC(C)(C)C. The maximum atomic E-state index is 12.5. The lowest BCUT2D eigenvalue weighted by molar-refractivity contribution is 0.0217. The Morgan fingerprint density at radius 2 is 0.909 bits per heavy atom. The number of benzene rings is 2. The summed E-state index contributed by atoms with van der Waals surface area (Å²) in [6.45, 7) is 14.9. The summed E-state index contributed by atoms with van der Waals surface area (Å²) in [5.41, 5.74) is 4.75. The zero-order chi connectivity index (χ0) is 32.4. The molecule has 2 aromatic heterocycles. The van der Waals surface area contributed by atoms with Gasteiger partial charge in [-0.3, -0.25) is 0 Å². The van der Waals surface area contributed by atoms with Crippen molar-refractivity contribution in [2.24, 2.45) is 0 Å². The fourth-order valence-electron chi connectivity index (χ4n) is 4.43. The van der Waals surface area contributed by atoms with Gasteiger partial charge in [-0.1, -0.05) is 48.5 Å². The second-order valence-electron chi connectivity index (χ2n) is 13.1. The lowest BCUT2D eigenvalue weighted by atomic mass is 10.0. The zero-order valence-corrected chi connectivity index (χ0v) is 27.4. The van der Waals surface area contributed by atoms with Crippen molar-refractivity contribution in [2.45, 2.75) is 78.7 Å². The monoisotopic (exact) mass is 600 g/mol. The van der Waals surface area contributed by atoms with Gasteiger partial charge in [0.25, 0.3) is 0 Å². The summed E-state index contributed by atoms with van der Waals surface area (Å²) in [6, 6.07) is 15.9. The summed E-state index contributed by atoms with van der Waals surface area (Å²) in [5.74, 6) is 1.36. The lowest BCUT2D eigenvalue weighted by Crippen LogP contribution is -2.36. The molecule has 0 aliphatic rings. The number of carbonyl (C=O) groups excluding carboxylic acids is 2. The average Bonchev–Trinajstić information content (AvgIpc) is 3.65. The molecule has 0 saturated carbocycles. The van der Waals surface area contributed by atoms with Crippen LogP contribution in [0.2, 0.25) is 0 Å². The van der Waals surface area contributed by atoms with E-state index in [0.29, 0.717) is 11.6 Å². The topological polar surface area (TPSA) is 116 Å². The Kier molecular flexibility index (Phi) is 9.22. The van der Waals surface area contributed by atoms with E-state index in [1.807, 2.05) is 79.7 Å². The normalized spacial score (nSPS) is 13.2. The van der Waals surface area contributed by atoms with Gasteiger partial charge in [0.1, 0.15) is 22.9 Å². The molecule has 2 N–H and O–H groups in total. The van der Waals surface area contributed by atoms with E-state index in [4.69, 9.17) is 9.47 Å². The van der Waals surface area contributed by atoms with Gasteiger partial charge in [-0.2, -0.15) is 0 Å². The molecule has 2 amide bonds. The van der Waals surface area contributed by atoms with Crippen molar-refractivity contribution in [3.05, 3.63) is 72.6 Å². The van der Waals surface area contributed by atoms with Gasteiger partial charge < -0.3 is 29.2 Å². The number of amides is 2. The number of H-pyrrole nitrogens is 2. The Morgan fingerprint density at radius 1 is 0.614 bits per heavy atom. The summed E-state index contributed by atoms with van der Waals surface area (Å²) >= 11 is 0. The Morgan fingerprint density at radius 3 is 1.20 bits per heavy atom. The summed E-state index contributed by atoms with van der Waals surface area (Å²) in [5, 5.41) is 0. The quantitative estimate of drug-likeness (QED) is 0.222. The van der Waals surface area contributed by atoms with Crippen molar-refractivity contribution in [3.8, 4) is 33.6 Å². The van der Waals surface area contributed by atoms with Crippen LogP contribution in [0.4, 0.5) is 9.59 Å². The van der Waals surface area contributed by atoms with Crippen LogP contribution in [0, 0.1) is 0 Å². The van der Waals surface area contributed by atoms with Gasteiger partial charge in [-0.25, -0.2) is 19.6 Å². The molecule has 4 aromatic rings. The molecule has 2 aromatic carbocycles. The van der Waals surface area contributed by atoms with E-state index in [2.05, 4.69) is 44.2 Å². The predicted octanol–water partition coefficient (Wildman–Crippen LogP) is 7.99. The van der Waals surface area contributed by atoms with E-state index in [-0.39, 0.29) is 12.1 Å². The first-order chi connectivity index (χ1) is 20.5. The number of imidazole rings is 2. The number of rotatable bonds is 7. The number of nitrogens with zero attached hydrogens (tertiary/aromatic N) is 4. The minimum atomic E-state index is -0.565. The highest BCUT2D eigenvalue weighted by molar-refractivity contribution is 5.72. The average molecular weight is 601 g/mol. The predicted molar refractivity (Wildman–Crippen MR) is 172 cm³/mol. The minimum absolute atomic E-state index is 0.281. The van der Waals surface area contributed by atoms with Crippen LogP contribution >= 0.6 is 0 Å². The van der Waals surface area contributed by atoms with Crippen LogP contribution in [0.3, 0.4) is 0 Å². The Hall–Kier alpha value is -4.60. The molecular weight excluding hydrogens is 556 g/mol. The summed E-state index contributed by atoms with van der Waals surface area (Å²) in [4.78, 5) is 43.8. The standard InChI is InChI=1S/C34H44N6O4/c1-21(39(9)31(41)43-33(3,4)5)29-35-19-27(37-29)25-15-11-23(12-16-25)24-13-17-26(18-14-24)28-20-36-30(38-28)22(2)40(10)32(42)44-34(6,7)8/h11-22H,1-10H3,(H,35,37)(H,36,38)/t21-,22-/m0/s1. The van der Waals surface area contributed by atoms with Crippen molar-refractivity contribution < 1.29 is 19.1 Å². The minimum Gasteiger partial charge on any atom is -0.444 e. The van der Waals surface area contributed by atoms with Crippen LogP contribution in [0.15, 0.2) is 60.9 Å². The van der Waals surface area contributed by atoms with Gasteiger partial charge in [0.05, 0.1) is 35.9 Å². The van der Waals surface area contributed by atoms with E-state index in [0.717, 1.165) is 33.6 Å². The molecule has 0 aliphatic heterocycles. The van der Waals surface area contributed by atoms with E-state index in [1.165, 1.54) is 9.80 Å². The van der Waals surface area contributed by atoms with Crippen LogP contribution in [-0.2, 0) is 9.47 Å². The maximum Gasteiger partial charge on any atom is 0.410 e. The fraction of sp³-hybridized carbons (Fsp3) is 0.412. The second-order valence-corrected chi connectivity index (χ2v) is 13.1. The summed E-state index contributed by atoms with van der Waals surface area (Å²) < 4.78 is 11.0. The number of carbonyl (C=O) groups is 2. The molecule has 0 unspecified atom stereocenters. The van der Waals surface area contributed by atoms with E-state index in [1.54, 1.807) is 26.5 Å². The molecule has 2 heterocycles. The molecule has 44 heavy (non-hydrogen) atoms. The summed E-state index contributed by atoms with van der Waals surface area (Å²) in [6.07, 6.45) is 2.77. The third-order valence-electron chi connectivity index (χ3n) is 7.23. The van der Waals surface area contributed by atoms with Crippen molar-refractivity contribution in [3.63, 3.8) is 0 Å². The zero-order valence-electron chi connectivity index (χ0n) is 27.4.